The second kappa shape index (κ2) is 3.75. The van der Waals surface area contributed by atoms with E-state index in [4.69, 9.17) is 4.42 Å². The van der Waals surface area contributed by atoms with Crippen molar-refractivity contribution in [3.63, 3.8) is 0 Å². The molecule has 68 valence electrons. The molecule has 0 amide bonds. The molecule has 1 heterocycles. The summed E-state index contributed by atoms with van der Waals surface area (Å²) >= 11 is 10.5. The number of hydrogen-bond acceptors (Lipinski definition) is 1. The largest absolute Gasteiger partial charge is 0.464 e. The average molecular weight is 369 g/mol. The van der Waals surface area contributed by atoms with Crippen LogP contribution in [-0.4, -0.2) is 0 Å². The highest BCUT2D eigenvalue weighted by molar-refractivity contribution is 9.24. The van der Waals surface area contributed by atoms with Crippen molar-refractivity contribution in [3.05, 3.63) is 34.5 Å². The minimum absolute atomic E-state index is 0.161. The van der Waals surface area contributed by atoms with E-state index in [-0.39, 0.29) is 3.74 Å². The van der Waals surface area contributed by atoms with E-state index in [1.165, 1.54) is 0 Å². The summed E-state index contributed by atoms with van der Waals surface area (Å²) in [6.07, 6.45) is 1.69. The number of rotatable bonds is 1. The Balaban J connectivity index is 2.73. The van der Waals surface area contributed by atoms with Gasteiger partial charge in [-0.2, -0.15) is 0 Å². The van der Waals surface area contributed by atoms with Gasteiger partial charge in [0.05, 0.1) is 10.00 Å². The summed E-state index contributed by atoms with van der Waals surface area (Å²) in [6.45, 7) is 0. The molecule has 0 aliphatic rings. The highest BCUT2D eigenvalue weighted by Gasteiger charge is 2.11. The van der Waals surface area contributed by atoms with Crippen LogP contribution in [0.15, 0.2) is 33.4 Å². The maximum atomic E-state index is 5.27. The molecular weight excluding hydrogens is 364 g/mol. The predicted octanol–water partition coefficient (Wildman–Crippen LogP) is 4.98. The number of hydrogen-bond donors (Lipinski definition) is 0. The highest BCUT2D eigenvalue weighted by Crippen LogP contribution is 2.38. The number of alkyl halides is 2. The van der Waals surface area contributed by atoms with Gasteiger partial charge in [-0.05, 0) is 33.6 Å². The molecule has 0 radical (unpaired) electrons. The molecular formula is C9H5Br3O. The van der Waals surface area contributed by atoms with Crippen molar-refractivity contribution < 1.29 is 4.42 Å². The molecule has 0 saturated carbocycles. The van der Waals surface area contributed by atoms with Gasteiger partial charge in [-0.1, -0.05) is 37.9 Å². The second-order valence-electron chi connectivity index (χ2n) is 2.60. The summed E-state index contributed by atoms with van der Waals surface area (Å²) in [7, 11) is 0. The minimum atomic E-state index is 0.161. The third-order valence-electron chi connectivity index (χ3n) is 1.83. The van der Waals surface area contributed by atoms with E-state index >= 15 is 0 Å². The summed E-state index contributed by atoms with van der Waals surface area (Å²) in [6, 6.07) is 5.93. The van der Waals surface area contributed by atoms with Crippen molar-refractivity contribution in [2.75, 3.05) is 0 Å². The lowest BCUT2D eigenvalue weighted by atomic mass is 10.2. The molecule has 4 heteroatoms. The molecule has 1 aromatic heterocycles. The predicted molar refractivity (Wildman–Crippen MR) is 64.5 cm³/mol. The van der Waals surface area contributed by atoms with Crippen LogP contribution in [0.2, 0.25) is 0 Å². The van der Waals surface area contributed by atoms with Gasteiger partial charge in [0.2, 0.25) is 0 Å². The molecule has 2 aromatic rings. The van der Waals surface area contributed by atoms with Crippen molar-refractivity contribution in [2.45, 2.75) is 3.74 Å². The van der Waals surface area contributed by atoms with Gasteiger partial charge in [0.25, 0.3) is 0 Å². The molecule has 0 N–H and O–H groups in total. The lowest BCUT2D eigenvalue weighted by Gasteiger charge is -2.05. The van der Waals surface area contributed by atoms with Crippen molar-refractivity contribution in [3.8, 4) is 0 Å². The molecule has 0 spiro atoms. The Labute approximate surface area is 101 Å². The van der Waals surface area contributed by atoms with Crippen LogP contribution in [0.25, 0.3) is 11.0 Å². The molecule has 0 aliphatic heterocycles. The van der Waals surface area contributed by atoms with Gasteiger partial charge in [-0.25, -0.2) is 0 Å². The van der Waals surface area contributed by atoms with Gasteiger partial charge in [0, 0.05) is 9.86 Å². The van der Waals surface area contributed by atoms with Crippen LogP contribution >= 0.6 is 47.8 Å². The first-order valence-electron chi connectivity index (χ1n) is 3.64. The number of halogens is 3. The van der Waals surface area contributed by atoms with E-state index in [9.17, 15) is 0 Å². The fraction of sp³-hybridized carbons (Fsp3) is 0.111. The number of furan rings is 1. The van der Waals surface area contributed by atoms with Crippen LogP contribution in [-0.2, 0) is 0 Å². The standard InChI is InChI=1S/C9H5Br3O/c10-8-5-3-4-13-7(5)2-1-6(8)9(11)12/h1-4,9H. The van der Waals surface area contributed by atoms with Crippen molar-refractivity contribution in [1.29, 1.82) is 0 Å². The Morgan fingerprint density at radius 3 is 2.62 bits per heavy atom. The first-order chi connectivity index (χ1) is 6.20. The normalized spacial score (nSPS) is 11.4. The average Bonchev–Trinajstić information content (AvgIpc) is 2.52. The Hall–Kier alpha value is 0.200. The first kappa shape index (κ1) is 9.74. The number of fused-ring (bicyclic) bond motifs is 1. The van der Waals surface area contributed by atoms with Crippen LogP contribution in [0.5, 0.6) is 0 Å². The summed E-state index contributed by atoms with van der Waals surface area (Å²) in [5.41, 5.74) is 2.06. The SMILES string of the molecule is Brc1c(C(Br)Br)ccc2occc12. The molecule has 1 nitrogen and oxygen atoms in total. The molecule has 0 aliphatic carbocycles. The molecule has 0 saturated heterocycles. The maximum Gasteiger partial charge on any atom is 0.135 e. The van der Waals surface area contributed by atoms with Crippen molar-refractivity contribution >= 4 is 58.8 Å². The van der Waals surface area contributed by atoms with Crippen molar-refractivity contribution in [2.24, 2.45) is 0 Å². The maximum absolute atomic E-state index is 5.27. The number of benzene rings is 1. The fourth-order valence-corrected chi connectivity index (χ4v) is 3.26. The van der Waals surface area contributed by atoms with E-state index in [0.717, 1.165) is 21.0 Å². The molecule has 2 rings (SSSR count). The molecule has 0 bridgehead atoms. The Morgan fingerprint density at radius 1 is 1.15 bits per heavy atom. The van der Waals surface area contributed by atoms with Crippen LogP contribution in [0.4, 0.5) is 0 Å². The quantitative estimate of drug-likeness (QED) is 0.647. The van der Waals surface area contributed by atoms with Gasteiger partial charge in [-0.3, -0.25) is 0 Å². The molecule has 1 aromatic carbocycles. The van der Waals surface area contributed by atoms with Crippen LogP contribution in [0, 0.1) is 0 Å². The minimum Gasteiger partial charge on any atom is -0.464 e. The van der Waals surface area contributed by atoms with Crippen molar-refractivity contribution in [1.82, 2.24) is 0 Å². The zero-order chi connectivity index (χ0) is 9.42. The van der Waals surface area contributed by atoms with E-state index in [1.807, 2.05) is 18.2 Å². The van der Waals surface area contributed by atoms with Crippen LogP contribution < -0.4 is 0 Å². The van der Waals surface area contributed by atoms with Gasteiger partial charge in [0.15, 0.2) is 0 Å². The summed E-state index contributed by atoms with van der Waals surface area (Å²) < 4.78 is 6.50. The van der Waals surface area contributed by atoms with Gasteiger partial charge >= 0.3 is 0 Å². The zero-order valence-corrected chi connectivity index (χ0v) is 11.2. The second-order valence-corrected chi connectivity index (χ2v) is 6.45. The first-order valence-corrected chi connectivity index (χ1v) is 6.26. The fourth-order valence-electron chi connectivity index (χ4n) is 1.19. The Morgan fingerprint density at radius 2 is 1.92 bits per heavy atom. The molecule has 13 heavy (non-hydrogen) atoms. The molecule has 0 fully saturated rings. The summed E-state index contributed by atoms with van der Waals surface area (Å²) in [5.74, 6) is 0. The topological polar surface area (TPSA) is 13.1 Å². The van der Waals surface area contributed by atoms with E-state index in [1.54, 1.807) is 6.26 Å². The lowest BCUT2D eigenvalue weighted by Crippen LogP contribution is -1.82. The summed E-state index contributed by atoms with van der Waals surface area (Å²) in [5, 5.41) is 1.10. The molecule has 0 atom stereocenters. The third-order valence-corrected chi connectivity index (χ3v) is 3.71. The highest BCUT2D eigenvalue weighted by atomic mass is 79.9. The van der Waals surface area contributed by atoms with E-state index in [0.29, 0.717) is 0 Å². The zero-order valence-electron chi connectivity index (χ0n) is 6.43. The van der Waals surface area contributed by atoms with Gasteiger partial charge in [0.1, 0.15) is 5.58 Å². The van der Waals surface area contributed by atoms with Gasteiger partial charge < -0.3 is 4.42 Å². The smallest absolute Gasteiger partial charge is 0.135 e. The Kier molecular flexibility index (Phi) is 2.81. The van der Waals surface area contributed by atoms with Crippen LogP contribution in [0.3, 0.4) is 0 Å². The monoisotopic (exact) mass is 366 g/mol. The van der Waals surface area contributed by atoms with E-state index in [2.05, 4.69) is 47.8 Å². The van der Waals surface area contributed by atoms with E-state index < -0.39 is 0 Å². The summed E-state index contributed by atoms with van der Waals surface area (Å²) in [4.78, 5) is 0. The van der Waals surface area contributed by atoms with Gasteiger partial charge in [-0.15, -0.1) is 0 Å². The third kappa shape index (κ3) is 1.72. The lowest BCUT2D eigenvalue weighted by molar-refractivity contribution is 0.616. The van der Waals surface area contributed by atoms with Crippen LogP contribution in [0.1, 0.15) is 9.30 Å². The molecule has 0 unspecified atom stereocenters. The Bertz CT molecular complexity index is 433.